The minimum atomic E-state index is -0.370. The number of pyridine rings is 4. The molecule has 33 aromatic rings. The number of fused-ring (bicyclic) bond motifs is 44. The molecule has 2 aliphatic carbocycles. The van der Waals surface area contributed by atoms with Gasteiger partial charge in [-0.2, -0.15) is 9.97 Å². The maximum absolute atomic E-state index is 5.06. The normalized spacial score (nSPS) is 12.6. The van der Waals surface area contributed by atoms with Gasteiger partial charge < -0.3 is 13.7 Å². The van der Waals surface area contributed by atoms with Crippen molar-refractivity contribution in [2.75, 3.05) is 0 Å². The number of hydrogen-bond donors (Lipinski definition) is 0. The first-order valence-corrected chi connectivity index (χ1v) is 54.8. The Morgan fingerprint density at radius 2 is 0.510 bits per heavy atom. The highest BCUT2D eigenvalue weighted by Gasteiger charge is 2.52. The summed E-state index contributed by atoms with van der Waals surface area (Å²) in [7, 11) is 0. The molecule has 0 fully saturated rings. The van der Waals surface area contributed by atoms with Gasteiger partial charge in [0.25, 0.3) is 0 Å². The summed E-state index contributed by atoms with van der Waals surface area (Å²) in [6.07, 6.45) is 7.54. The van der Waals surface area contributed by atoms with Crippen molar-refractivity contribution in [1.29, 1.82) is 0 Å². The fraction of sp³-hybridized carbons (Fsp3) is 0.00758. The van der Waals surface area contributed by atoms with Gasteiger partial charge in [-0.15, -0.1) is 68.0 Å². The third kappa shape index (κ3) is 12.5. The van der Waals surface area contributed by atoms with Gasteiger partial charge in [-0.3, -0.25) is 4.57 Å². The Bertz CT molecular complexity index is 11400. The molecule has 149 heavy (non-hydrogen) atoms. The summed E-state index contributed by atoms with van der Waals surface area (Å²) in [5.74, 6) is 1.89. The van der Waals surface area contributed by atoms with Crippen LogP contribution in [0.5, 0.6) is 0 Å². The zero-order valence-corrected chi connectivity index (χ0v) is 84.1. The van der Waals surface area contributed by atoms with E-state index in [2.05, 4.69) is 379 Å². The fourth-order valence-corrected chi connectivity index (χ4v) is 31.4. The Kier molecular flexibility index (Phi) is 18.7. The van der Waals surface area contributed by atoms with E-state index in [1.165, 1.54) is 229 Å². The molecular weight excluding hydrogens is 1930 g/mol. The second-order valence-corrected chi connectivity index (χ2v) is 44.4. The molecule has 2 aliphatic rings. The molecule has 0 radical (unpaired) electrons. The summed E-state index contributed by atoms with van der Waals surface area (Å²) in [6.45, 7) is 0. The number of thiophene rings is 6. The van der Waals surface area contributed by atoms with Gasteiger partial charge in [0.2, 0.25) is 5.95 Å². The molecule has 15 aromatic heterocycles. The molecular formula is C132H75N11S6. The van der Waals surface area contributed by atoms with Crippen molar-refractivity contribution in [3.8, 4) is 68.0 Å². The monoisotopic (exact) mass is 2010 g/mol. The van der Waals surface area contributed by atoms with Gasteiger partial charge in [-0.25, -0.2) is 24.9 Å². The van der Waals surface area contributed by atoms with Crippen LogP contribution in [0.2, 0.25) is 0 Å². The smallest absolute Gasteiger partial charge is 0.238 e. The van der Waals surface area contributed by atoms with E-state index in [9.17, 15) is 0 Å². The van der Waals surface area contributed by atoms with Crippen molar-refractivity contribution in [2.45, 2.75) is 5.41 Å². The lowest BCUT2D eigenvalue weighted by molar-refractivity contribution is 0.792. The number of para-hydroxylation sites is 4. The van der Waals surface area contributed by atoms with Crippen LogP contribution in [0, 0.1) is 0 Å². The number of nitrogens with zero attached hydrogens (tertiary/aromatic N) is 11. The van der Waals surface area contributed by atoms with Gasteiger partial charge in [-0.05, 0) is 166 Å². The van der Waals surface area contributed by atoms with Crippen LogP contribution >= 0.6 is 68.0 Å². The van der Waals surface area contributed by atoms with Crippen LogP contribution in [0.25, 0.3) is 277 Å². The van der Waals surface area contributed by atoms with Gasteiger partial charge in [0, 0.05) is 169 Å². The lowest BCUT2D eigenvalue weighted by atomic mass is 9.70. The minimum Gasteiger partial charge on any atom is -0.308 e. The maximum Gasteiger partial charge on any atom is 0.238 e. The molecule has 18 aromatic carbocycles. The zero-order chi connectivity index (χ0) is 97.4. The molecule has 0 saturated carbocycles. The van der Waals surface area contributed by atoms with Gasteiger partial charge in [0.05, 0.1) is 78.7 Å². The number of aromatic nitrogens is 11. The topological polar surface area (TPSA) is 110 Å². The van der Waals surface area contributed by atoms with Crippen LogP contribution in [0.1, 0.15) is 22.3 Å². The number of hydrogen-bond acceptors (Lipinski definition) is 13. The maximum atomic E-state index is 5.06. The molecule has 11 nitrogen and oxygen atoms in total. The Balaban J connectivity index is 0.0000000886. The van der Waals surface area contributed by atoms with E-state index in [1.807, 2.05) is 132 Å². The molecule has 0 N–H and O–H groups in total. The first kappa shape index (κ1) is 84.4. The number of rotatable bonds is 6. The summed E-state index contributed by atoms with van der Waals surface area (Å²) in [4.78, 5) is 38.1. The number of benzene rings is 18. The van der Waals surface area contributed by atoms with E-state index in [0.717, 1.165) is 52.3 Å². The average Bonchev–Trinajstić information content (AvgIpc) is 1.50. The van der Waals surface area contributed by atoms with E-state index >= 15 is 0 Å². The molecule has 0 unspecified atom stereocenters. The second kappa shape index (κ2) is 33.1. The summed E-state index contributed by atoms with van der Waals surface area (Å²) >= 11 is 10.9. The summed E-state index contributed by atoms with van der Waals surface area (Å²) in [6, 6.07) is 155. The van der Waals surface area contributed by atoms with Crippen molar-refractivity contribution >= 4 is 277 Å². The molecule has 17 heteroatoms. The highest BCUT2D eigenvalue weighted by atomic mass is 32.1. The van der Waals surface area contributed by atoms with Crippen LogP contribution < -0.4 is 0 Å². The molecule has 0 atom stereocenters. The Morgan fingerprint density at radius 3 is 0.966 bits per heavy atom. The lowest BCUT2D eigenvalue weighted by Crippen LogP contribution is -2.26. The van der Waals surface area contributed by atoms with E-state index < -0.39 is 0 Å². The van der Waals surface area contributed by atoms with Crippen molar-refractivity contribution in [3.63, 3.8) is 0 Å². The van der Waals surface area contributed by atoms with Gasteiger partial charge in [0.1, 0.15) is 19.3 Å². The highest BCUT2D eigenvalue weighted by molar-refractivity contribution is 7.28. The Morgan fingerprint density at radius 1 is 0.188 bits per heavy atom. The van der Waals surface area contributed by atoms with Crippen LogP contribution in [0.15, 0.2) is 455 Å². The molecule has 0 saturated heterocycles. The molecule has 0 bridgehead atoms. The molecule has 0 amide bonds. The third-order valence-corrected chi connectivity index (χ3v) is 37.5. The fourth-order valence-electron chi connectivity index (χ4n) is 24.3. The van der Waals surface area contributed by atoms with Gasteiger partial charge in [-0.1, -0.05) is 309 Å². The average molecular weight is 2010 g/mol. The lowest BCUT2D eigenvalue weighted by Gasteiger charge is -2.30. The summed E-state index contributed by atoms with van der Waals surface area (Å²) in [5, 5.41) is 25.2. The predicted molar refractivity (Wildman–Crippen MR) is 632 cm³/mol. The molecule has 35 rings (SSSR count). The highest BCUT2D eigenvalue weighted by Crippen LogP contribution is 2.64. The predicted octanol–water partition coefficient (Wildman–Crippen LogP) is 36.8. The van der Waals surface area contributed by atoms with Crippen LogP contribution in [-0.2, 0) is 5.41 Å². The van der Waals surface area contributed by atoms with Crippen LogP contribution in [0.4, 0.5) is 0 Å². The van der Waals surface area contributed by atoms with Crippen LogP contribution in [0.3, 0.4) is 0 Å². The first-order chi connectivity index (χ1) is 73.9. The molecule has 1 spiro atoms. The van der Waals surface area contributed by atoms with Crippen molar-refractivity contribution < 1.29 is 0 Å². The molecule has 694 valence electrons. The first-order valence-electron chi connectivity index (χ1n) is 49.9. The third-order valence-electron chi connectivity index (χ3n) is 30.6. The van der Waals surface area contributed by atoms with Crippen molar-refractivity contribution in [1.82, 2.24) is 53.2 Å². The Labute approximate surface area is 873 Å². The van der Waals surface area contributed by atoms with Crippen LogP contribution in [-0.4, -0.2) is 53.2 Å². The zero-order valence-electron chi connectivity index (χ0n) is 79.2. The quantitative estimate of drug-likeness (QED) is 0.163. The summed E-state index contributed by atoms with van der Waals surface area (Å²) < 4.78 is 20.0. The largest absolute Gasteiger partial charge is 0.308 e. The molecule has 15 heterocycles. The van der Waals surface area contributed by atoms with E-state index in [-0.39, 0.29) is 5.41 Å². The van der Waals surface area contributed by atoms with E-state index in [0.29, 0.717) is 17.6 Å². The van der Waals surface area contributed by atoms with E-state index in [1.54, 1.807) is 45.3 Å². The van der Waals surface area contributed by atoms with Gasteiger partial charge in [0.15, 0.2) is 11.6 Å². The Hall–Kier alpha value is -17.9. The van der Waals surface area contributed by atoms with Crippen molar-refractivity contribution in [3.05, 3.63) is 478 Å². The minimum absolute atomic E-state index is 0.370. The van der Waals surface area contributed by atoms with E-state index in [4.69, 9.17) is 19.9 Å². The second-order valence-electron chi connectivity index (χ2n) is 38.3. The van der Waals surface area contributed by atoms with Crippen molar-refractivity contribution in [2.24, 2.45) is 0 Å². The molecule has 0 aliphatic heterocycles. The summed E-state index contributed by atoms with van der Waals surface area (Å²) in [5.41, 5.74) is 25.6. The SMILES string of the molecule is c1ccc(-c2nc(-c3ccccc3)nc(-n3c4ccccc4c4ccc5c6cccnc6sc5c43)n2)cc1.c1ccc2c(c1)-c1ccccc1C21c2ccccc2-c2ccc(-n3c4ccccc4c4ccc5c6cccnc6sc5c43)cc21.c1ccc2c(c1)sc1c(-n3c4ccccc4c4ccc5c6cccnc6sc5c43)cccc12.c1ccc2c(c1)sc1ccc(-n3c4ccccc4c4ccc5c6cccnc6sc5c43)cc12. The van der Waals surface area contributed by atoms with Gasteiger partial charge >= 0.3 is 0 Å². The standard InChI is InChI=1S/C42H24N2S.C32H19N5S.2C29H16N2S2/c1-5-15-34-26(10-1)27-11-2-6-16-35(27)42(34)36-17-7-3-12-28(36)29-20-19-25(24-37(29)42)44-38-18-8-4-13-30(38)31-21-22-32-33-14-9-23-43-41(33)45-40(32)39(31)44;1-3-10-20(11-4-1)29-34-30(21-12-5-2-6-13-21)36-32(35-29)37-26-16-8-7-14-22(26)23-17-18-24-25-15-9-19-33-31(25)38-28(24)27(23)37;1-3-11-23-17(7-1)19-14-15-21-22-10-6-16-30-29(22)33-28(21)26(19)31(23)24-12-5-9-20-18-8-2-4-13-25(18)32-27(20)24;1-3-9-24-18(6-1)20-12-13-21-22-8-5-15-30-29(22)33-28(21)27(20)31(24)17-11-14-26-23(16-17)19-7-2-4-10-25(19)32-26/h1-24H;1-19H;2*1-16H.